The summed E-state index contributed by atoms with van der Waals surface area (Å²) in [5.74, 6) is 0. The molecule has 0 rings (SSSR count). The standard InChI is InChI=1S/O2S3/c1-4-5(2)3. The van der Waals surface area contributed by atoms with Gasteiger partial charge in [-0.25, -0.2) is 0 Å². The van der Waals surface area contributed by atoms with Gasteiger partial charge in [-0.05, 0) is 0 Å². The van der Waals surface area contributed by atoms with E-state index in [9.17, 15) is 4.21 Å². The molecule has 0 N–H and O–H groups in total. The Bertz CT molecular complexity index is 136. The van der Waals surface area contributed by atoms with E-state index in [0.29, 0.717) is 0 Å². The minimum atomic E-state index is -1.63. The van der Waals surface area contributed by atoms with Crippen LogP contribution in [0.25, 0.3) is 0 Å². The van der Waals surface area contributed by atoms with E-state index >= 15 is 0 Å². The van der Waals surface area contributed by atoms with Gasteiger partial charge in [0.05, 0.1) is 0 Å². The average Bonchev–Trinajstić information content (AvgIpc) is 1.38. The highest BCUT2D eigenvalue weighted by atomic mass is 33.1. The fourth-order valence-corrected chi connectivity index (χ4v) is 0. The lowest BCUT2D eigenvalue weighted by Gasteiger charge is -1.23. The van der Waals surface area contributed by atoms with Gasteiger partial charge in [-0.2, -0.15) is 8.42 Å². The average molecular weight is 128 g/mol. The molecule has 0 saturated heterocycles. The molecule has 0 aromatic heterocycles. The van der Waals surface area contributed by atoms with Crippen LogP contribution in [0.4, 0.5) is 0 Å². The second kappa shape index (κ2) is 2.49. The lowest BCUT2D eigenvalue weighted by Crippen LogP contribution is -1.39. The molecule has 5 heteroatoms. The van der Waals surface area contributed by atoms with Crippen molar-refractivity contribution >= 4 is 29.3 Å². The van der Waals surface area contributed by atoms with Gasteiger partial charge in [0, 0.05) is 11.2 Å². The molecule has 0 amide bonds. The van der Waals surface area contributed by atoms with Crippen LogP contribution in [0.1, 0.15) is 0 Å². The van der Waals surface area contributed by atoms with Crippen molar-refractivity contribution in [3.63, 3.8) is 0 Å². The van der Waals surface area contributed by atoms with Gasteiger partial charge in [0.1, 0.15) is 0 Å². The summed E-state index contributed by atoms with van der Waals surface area (Å²) in [7, 11) is -1.71. The monoisotopic (exact) mass is 128 g/mol. The van der Waals surface area contributed by atoms with Crippen LogP contribution in [0.3, 0.4) is 0 Å². The molecule has 0 aromatic carbocycles. The summed E-state index contributed by atoms with van der Waals surface area (Å²) in [6, 6.07) is 0. The molecule has 0 unspecified atom stereocenters. The molecule has 0 radical (unpaired) electrons. The van der Waals surface area contributed by atoms with Crippen LogP contribution in [-0.4, -0.2) is 8.42 Å². The molecule has 0 spiro atoms. The summed E-state index contributed by atoms with van der Waals surface area (Å²) >= 11 is 3.90. The third-order valence-electron chi connectivity index (χ3n) is 0.0556. The number of rotatable bonds is 0. The number of hydrogen-bond donors (Lipinski definition) is 0. The van der Waals surface area contributed by atoms with Gasteiger partial charge in [-0.3, -0.25) is 0 Å². The van der Waals surface area contributed by atoms with Gasteiger partial charge in [0.15, 0.2) is 18.1 Å². The summed E-state index contributed by atoms with van der Waals surface area (Å²) < 4.78 is 18.5. The first-order valence-corrected chi connectivity index (χ1v) is 4.00. The maximum atomic E-state index is 9.39. The van der Waals surface area contributed by atoms with E-state index in [1.165, 1.54) is 0 Å². The van der Waals surface area contributed by atoms with E-state index in [0.717, 1.165) is 0 Å². The highest BCUT2D eigenvalue weighted by Crippen LogP contribution is 1.25. The topological polar surface area (TPSA) is 34.1 Å². The van der Waals surface area contributed by atoms with Crippen LogP contribution in [-0.2, 0) is 29.3 Å². The number of hydrogen-bond acceptors (Lipinski definition) is 3. The maximum absolute atomic E-state index is 9.39. The Morgan fingerprint density at radius 2 is 2.00 bits per heavy atom. The molecule has 0 heterocycles. The van der Waals surface area contributed by atoms with Crippen LogP contribution in [0, 0.1) is 0 Å². The quantitative estimate of drug-likeness (QED) is 0.433. The SMILES string of the molecule is O=S=S(=O)=S. The predicted octanol–water partition coefficient (Wildman–Crippen LogP) is -0.675. The van der Waals surface area contributed by atoms with Crippen LogP contribution in [0.15, 0.2) is 0 Å². The Morgan fingerprint density at radius 3 is 2.00 bits per heavy atom. The van der Waals surface area contributed by atoms with E-state index < -0.39 is 7.92 Å². The second-order valence-electron chi connectivity index (χ2n) is 0.272. The van der Waals surface area contributed by atoms with E-state index in [2.05, 4.69) is 11.2 Å². The molecule has 5 heavy (non-hydrogen) atoms. The molecule has 0 saturated carbocycles. The first-order valence-electron chi connectivity index (χ1n) is 0.667. The first kappa shape index (κ1) is 5.26. The van der Waals surface area contributed by atoms with Crippen molar-refractivity contribution in [1.29, 1.82) is 0 Å². The Kier molecular flexibility index (Phi) is 2.62. The van der Waals surface area contributed by atoms with Crippen molar-refractivity contribution in [2.24, 2.45) is 0 Å². The fourth-order valence-electron chi connectivity index (χ4n) is 0. The van der Waals surface area contributed by atoms with Crippen molar-refractivity contribution in [2.45, 2.75) is 0 Å². The van der Waals surface area contributed by atoms with Gasteiger partial charge in [0.25, 0.3) is 0 Å². The van der Waals surface area contributed by atoms with Gasteiger partial charge in [-0.15, -0.1) is 0 Å². The Morgan fingerprint density at radius 1 is 1.80 bits per heavy atom. The molecule has 2 nitrogen and oxygen atoms in total. The third kappa shape index (κ3) is 4.26. The molecule has 0 bridgehead atoms. The third-order valence-corrected chi connectivity index (χ3v) is 1.000. The predicted molar refractivity (Wildman–Crippen MR) is 23.6 cm³/mol. The van der Waals surface area contributed by atoms with Gasteiger partial charge in [-0.1, -0.05) is 0 Å². The molecular weight excluding hydrogens is 128 g/mol. The van der Waals surface area contributed by atoms with Gasteiger partial charge < -0.3 is 0 Å². The Labute approximate surface area is 38.2 Å². The summed E-state index contributed by atoms with van der Waals surface area (Å²) in [6.45, 7) is 0. The van der Waals surface area contributed by atoms with Crippen LogP contribution < -0.4 is 0 Å². The zero-order chi connectivity index (χ0) is 4.28. The summed E-state index contributed by atoms with van der Waals surface area (Å²) in [5, 5.41) is 0. The maximum Gasteiger partial charge on any atom is 0.195 e. The molecule has 0 aliphatic carbocycles. The minimum absolute atomic E-state index is 0.0833. The van der Waals surface area contributed by atoms with E-state index in [4.69, 9.17) is 4.21 Å². The molecule has 0 aliphatic rings. The van der Waals surface area contributed by atoms with Crippen LogP contribution in [0.5, 0.6) is 0 Å². The van der Waals surface area contributed by atoms with Crippen molar-refractivity contribution in [2.75, 3.05) is 0 Å². The van der Waals surface area contributed by atoms with Crippen LogP contribution >= 0.6 is 0 Å². The van der Waals surface area contributed by atoms with Gasteiger partial charge in [0.2, 0.25) is 0 Å². The normalized spacial score (nSPS) is 6.40. The van der Waals surface area contributed by atoms with Crippen molar-refractivity contribution in [1.82, 2.24) is 0 Å². The largest absolute Gasteiger partial charge is 0.200 e. The Hall–Kier alpha value is 0.260. The molecule has 30 valence electrons. The molecule has 0 atom stereocenters. The summed E-state index contributed by atoms with van der Waals surface area (Å²) in [4.78, 5) is 0. The van der Waals surface area contributed by atoms with E-state index in [1.54, 1.807) is 0 Å². The highest BCUT2D eigenvalue weighted by molar-refractivity contribution is 8.42. The molecular formula is O2S3. The smallest absolute Gasteiger partial charge is 0.195 e. The lowest BCUT2D eigenvalue weighted by molar-refractivity contribution is 0.692. The summed E-state index contributed by atoms with van der Waals surface area (Å²) in [6.07, 6.45) is 0. The highest BCUT2D eigenvalue weighted by Gasteiger charge is 1.41. The van der Waals surface area contributed by atoms with Crippen molar-refractivity contribution < 1.29 is 8.42 Å². The van der Waals surface area contributed by atoms with Gasteiger partial charge >= 0.3 is 0 Å². The van der Waals surface area contributed by atoms with Crippen molar-refractivity contribution in [3.8, 4) is 0 Å². The zero-order valence-corrected chi connectivity index (χ0v) is 4.49. The zero-order valence-electron chi connectivity index (χ0n) is 2.04. The fraction of sp³-hybridized carbons (Fsp3) is 0. The molecule has 0 aliphatic heterocycles. The van der Waals surface area contributed by atoms with E-state index in [1.807, 2.05) is 0 Å². The minimum Gasteiger partial charge on any atom is -0.200 e. The Balaban J connectivity index is 5.08. The second-order valence-corrected chi connectivity index (χ2v) is 3.67. The lowest BCUT2D eigenvalue weighted by atomic mass is 16.0. The molecule has 0 aromatic rings. The van der Waals surface area contributed by atoms with Crippen LogP contribution in [0.2, 0.25) is 0 Å². The van der Waals surface area contributed by atoms with E-state index in [-0.39, 0.29) is 10.2 Å². The van der Waals surface area contributed by atoms with Crippen molar-refractivity contribution in [3.05, 3.63) is 0 Å². The molecule has 0 fully saturated rings. The summed E-state index contributed by atoms with van der Waals surface area (Å²) in [5.41, 5.74) is 0. The first-order chi connectivity index (χ1) is 2.27.